The normalized spacial score (nSPS) is 21.7. The molecule has 4 rings (SSSR count). The minimum atomic E-state index is -3.05. The summed E-state index contributed by atoms with van der Waals surface area (Å²) in [4.78, 5) is 15.7. The number of hydrogen-bond donors (Lipinski definition) is 1. The fraction of sp³-hybridized carbons (Fsp3) is 0.567. The van der Waals surface area contributed by atoms with E-state index in [0.717, 1.165) is 24.3 Å². The number of benzene rings is 2. The zero-order valence-electron chi connectivity index (χ0n) is 24.0. The standard InChI is InChI=1S/C30H41FN2O7S/c1-4-38-25-10-11-26(31)28(18-25)32-14-12-24(13-15-32)40-23-8-6-22(7-9-23)33-20-29(21(2)27(33)19-30(34)35)39-16-5-17-41(3,36)37/h6-11,18,21,24,27,29H,4-5,12-17,19-20H2,1-3H3,(H,34,35)/t21-,27-,29-/m0/s1. The van der Waals surface area contributed by atoms with Crippen molar-refractivity contribution in [3.63, 3.8) is 0 Å². The van der Waals surface area contributed by atoms with Crippen LogP contribution in [-0.2, 0) is 19.4 Å². The first-order valence-corrected chi connectivity index (χ1v) is 16.3. The second-order valence-corrected chi connectivity index (χ2v) is 13.2. The van der Waals surface area contributed by atoms with Crippen molar-refractivity contribution in [3.05, 3.63) is 48.3 Å². The zero-order chi connectivity index (χ0) is 29.6. The number of piperidine rings is 1. The van der Waals surface area contributed by atoms with Gasteiger partial charge in [0, 0.05) is 69.1 Å². The molecule has 226 valence electrons. The lowest BCUT2D eigenvalue weighted by Crippen LogP contribution is -2.38. The van der Waals surface area contributed by atoms with E-state index in [-0.39, 0.29) is 42.2 Å². The molecule has 0 bridgehead atoms. The number of halogens is 1. The Bertz CT molecular complexity index is 1270. The summed E-state index contributed by atoms with van der Waals surface area (Å²) in [6, 6.07) is 12.3. The van der Waals surface area contributed by atoms with Crippen molar-refractivity contribution in [1.82, 2.24) is 0 Å². The largest absolute Gasteiger partial charge is 0.494 e. The molecule has 2 aromatic rings. The van der Waals surface area contributed by atoms with Crippen LogP contribution in [0.3, 0.4) is 0 Å². The predicted octanol–water partition coefficient (Wildman–Crippen LogP) is 4.39. The van der Waals surface area contributed by atoms with Gasteiger partial charge in [-0.2, -0.15) is 0 Å². The second-order valence-electron chi connectivity index (χ2n) is 10.9. The van der Waals surface area contributed by atoms with E-state index in [1.807, 2.05) is 43.0 Å². The Morgan fingerprint density at radius 1 is 1.10 bits per heavy atom. The van der Waals surface area contributed by atoms with Crippen LogP contribution in [0.5, 0.6) is 11.5 Å². The van der Waals surface area contributed by atoms with Crippen molar-refractivity contribution in [1.29, 1.82) is 0 Å². The van der Waals surface area contributed by atoms with E-state index >= 15 is 0 Å². The van der Waals surface area contributed by atoms with Gasteiger partial charge in [0.2, 0.25) is 0 Å². The first-order valence-electron chi connectivity index (χ1n) is 14.3. The number of nitrogens with zero attached hydrogens (tertiary/aromatic N) is 2. The van der Waals surface area contributed by atoms with Crippen molar-refractivity contribution < 1.29 is 36.9 Å². The zero-order valence-corrected chi connectivity index (χ0v) is 24.8. The highest BCUT2D eigenvalue weighted by molar-refractivity contribution is 7.90. The van der Waals surface area contributed by atoms with E-state index < -0.39 is 15.8 Å². The second kappa shape index (κ2) is 13.7. The molecule has 0 radical (unpaired) electrons. The fourth-order valence-corrected chi connectivity index (χ4v) is 6.32. The molecule has 0 saturated carbocycles. The van der Waals surface area contributed by atoms with Crippen molar-refractivity contribution in [2.24, 2.45) is 5.92 Å². The molecule has 0 aliphatic carbocycles. The van der Waals surface area contributed by atoms with Crippen LogP contribution in [0.4, 0.5) is 15.8 Å². The summed E-state index contributed by atoms with van der Waals surface area (Å²) in [6.07, 6.45) is 2.91. The minimum absolute atomic E-state index is 0.00604. The third-order valence-electron chi connectivity index (χ3n) is 7.83. The van der Waals surface area contributed by atoms with Gasteiger partial charge in [-0.1, -0.05) is 6.92 Å². The molecular formula is C30H41FN2O7S. The highest BCUT2D eigenvalue weighted by atomic mass is 32.2. The molecule has 9 nitrogen and oxygen atoms in total. The lowest BCUT2D eigenvalue weighted by Gasteiger charge is -2.34. The molecule has 2 heterocycles. The highest BCUT2D eigenvalue weighted by Crippen LogP contribution is 2.35. The maximum absolute atomic E-state index is 14.5. The van der Waals surface area contributed by atoms with Crippen molar-refractivity contribution in [2.75, 3.05) is 54.7 Å². The Labute approximate surface area is 242 Å². The van der Waals surface area contributed by atoms with Gasteiger partial charge in [0.05, 0.1) is 30.6 Å². The van der Waals surface area contributed by atoms with Crippen LogP contribution >= 0.6 is 0 Å². The molecule has 0 spiro atoms. The first-order chi connectivity index (χ1) is 19.5. The smallest absolute Gasteiger partial charge is 0.305 e. The van der Waals surface area contributed by atoms with E-state index in [2.05, 4.69) is 4.90 Å². The summed E-state index contributed by atoms with van der Waals surface area (Å²) in [7, 11) is -3.05. The summed E-state index contributed by atoms with van der Waals surface area (Å²) in [5, 5.41) is 9.53. The van der Waals surface area contributed by atoms with E-state index in [1.165, 1.54) is 12.3 Å². The van der Waals surface area contributed by atoms with Gasteiger partial charge in [-0.05, 0) is 49.7 Å². The Morgan fingerprint density at radius 2 is 1.78 bits per heavy atom. The van der Waals surface area contributed by atoms with Gasteiger partial charge in [-0.3, -0.25) is 4.79 Å². The first kappa shape index (κ1) is 30.9. The SMILES string of the molecule is CCOc1ccc(F)c(N2CCC(Oc3ccc(N4C[C@H](OCCCS(C)(=O)=O)[C@@H](C)[C@@H]4CC(=O)O)cc3)CC2)c1. The van der Waals surface area contributed by atoms with Gasteiger partial charge >= 0.3 is 5.97 Å². The van der Waals surface area contributed by atoms with Crippen molar-refractivity contribution in [2.45, 2.75) is 57.8 Å². The minimum Gasteiger partial charge on any atom is -0.494 e. The molecule has 2 saturated heterocycles. The number of sulfone groups is 1. The Morgan fingerprint density at radius 3 is 2.41 bits per heavy atom. The highest BCUT2D eigenvalue weighted by Gasteiger charge is 2.41. The number of carboxylic acids is 1. The number of rotatable bonds is 13. The molecular weight excluding hydrogens is 551 g/mol. The molecule has 41 heavy (non-hydrogen) atoms. The molecule has 2 aliphatic heterocycles. The van der Waals surface area contributed by atoms with E-state index in [1.54, 1.807) is 12.1 Å². The molecule has 0 aromatic heterocycles. The number of aliphatic carboxylic acids is 1. The summed E-state index contributed by atoms with van der Waals surface area (Å²) in [5.41, 5.74) is 1.43. The summed E-state index contributed by atoms with van der Waals surface area (Å²) >= 11 is 0. The van der Waals surface area contributed by atoms with Gasteiger partial charge < -0.3 is 29.1 Å². The molecule has 2 fully saturated rings. The number of anilines is 2. The Kier molecular flexibility index (Phi) is 10.4. The van der Waals surface area contributed by atoms with Crippen LogP contribution in [0.25, 0.3) is 0 Å². The summed E-state index contributed by atoms with van der Waals surface area (Å²) < 4.78 is 55.1. The maximum atomic E-state index is 14.5. The molecule has 2 aromatic carbocycles. The maximum Gasteiger partial charge on any atom is 0.305 e. The molecule has 11 heteroatoms. The number of carboxylic acid groups (broad SMARTS) is 1. The Balaban J connectivity index is 1.33. The Hall–Kier alpha value is -3.05. The fourth-order valence-electron chi connectivity index (χ4n) is 5.67. The molecule has 1 N–H and O–H groups in total. The topological polar surface area (TPSA) is 106 Å². The van der Waals surface area contributed by atoms with Crippen LogP contribution < -0.4 is 19.3 Å². The van der Waals surface area contributed by atoms with E-state index in [4.69, 9.17) is 14.2 Å². The quantitative estimate of drug-likeness (QED) is 0.339. The number of carbonyl (C=O) groups is 1. The number of ether oxygens (including phenoxy) is 3. The monoisotopic (exact) mass is 592 g/mol. The predicted molar refractivity (Wildman–Crippen MR) is 156 cm³/mol. The van der Waals surface area contributed by atoms with E-state index in [9.17, 15) is 22.7 Å². The van der Waals surface area contributed by atoms with Crippen LogP contribution in [0, 0.1) is 11.7 Å². The lowest BCUT2D eigenvalue weighted by molar-refractivity contribution is -0.137. The van der Waals surface area contributed by atoms with Gasteiger partial charge in [-0.25, -0.2) is 12.8 Å². The molecule has 2 aliphatic rings. The van der Waals surface area contributed by atoms with Crippen LogP contribution in [-0.4, -0.2) is 82.6 Å². The third-order valence-corrected chi connectivity index (χ3v) is 8.86. The van der Waals surface area contributed by atoms with Crippen molar-refractivity contribution >= 4 is 27.2 Å². The lowest BCUT2D eigenvalue weighted by atomic mass is 9.97. The number of hydrogen-bond acceptors (Lipinski definition) is 8. The summed E-state index contributed by atoms with van der Waals surface area (Å²) in [6.45, 7) is 6.59. The van der Waals surface area contributed by atoms with Crippen LogP contribution in [0.15, 0.2) is 42.5 Å². The van der Waals surface area contributed by atoms with Crippen LogP contribution in [0.2, 0.25) is 0 Å². The van der Waals surface area contributed by atoms with Gasteiger partial charge in [-0.15, -0.1) is 0 Å². The average Bonchev–Trinajstić information content (AvgIpc) is 3.22. The van der Waals surface area contributed by atoms with E-state index in [0.29, 0.717) is 50.7 Å². The van der Waals surface area contributed by atoms with Crippen LogP contribution in [0.1, 0.15) is 39.5 Å². The van der Waals surface area contributed by atoms with Gasteiger partial charge in [0.15, 0.2) is 0 Å². The van der Waals surface area contributed by atoms with Gasteiger partial charge in [0.25, 0.3) is 0 Å². The molecule has 0 unspecified atom stereocenters. The molecule has 0 amide bonds. The average molecular weight is 593 g/mol. The third kappa shape index (κ3) is 8.48. The molecule has 3 atom stereocenters. The summed E-state index contributed by atoms with van der Waals surface area (Å²) in [5.74, 6) is 0.277. The van der Waals surface area contributed by atoms with Gasteiger partial charge in [0.1, 0.15) is 33.3 Å². The van der Waals surface area contributed by atoms with Crippen molar-refractivity contribution in [3.8, 4) is 11.5 Å².